The Balaban J connectivity index is 2.34. The second-order valence-electron chi connectivity index (χ2n) is 5.10. The van der Waals surface area contributed by atoms with E-state index in [0.717, 1.165) is 13.0 Å². The summed E-state index contributed by atoms with van der Waals surface area (Å²) in [4.78, 5) is 4.59. The Morgan fingerprint density at radius 2 is 2.29 bits per heavy atom. The largest absolute Gasteiger partial charge is 0.409 e. The molecule has 1 fully saturated rings. The molecule has 0 saturated carbocycles. The number of likely N-dealkylation sites (N-methyl/N-ethyl adjacent to an activating group) is 1. The third-order valence-electron chi connectivity index (χ3n) is 3.94. The molecule has 2 unspecified atom stereocenters. The van der Waals surface area contributed by atoms with E-state index >= 15 is 0 Å². The molecule has 0 amide bonds. The Morgan fingerprint density at radius 3 is 2.88 bits per heavy atom. The van der Waals surface area contributed by atoms with Crippen molar-refractivity contribution in [2.75, 3.05) is 27.2 Å². The van der Waals surface area contributed by atoms with Gasteiger partial charge in [-0.15, -0.1) is 0 Å². The summed E-state index contributed by atoms with van der Waals surface area (Å²) >= 11 is 0. The lowest BCUT2D eigenvalue weighted by atomic mass is 10.00. The van der Waals surface area contributed by atoms with Gasteiger partial charge >= 0.3 is 0 Å². The Morgan fingerprint density at radius 1 is 1.59 bits per heavy atom. The van der Waals surface area contributed by atoms with Crippen LogP contribution in [0, 0.1) is 0 Å². The van der Waals surface area contributed by atoms with Gasteiger partial charge in [0.15, 0.2) is 5.84 Å². The van der Waals surface area contributed by atoms with E-state index in [9.17, 15) is 0 Å². The molecular formula is C12H26N4O. The van der Waals surface area contributed by atoms with Gasteiger partial charge in [0, 0.05) is 12.6 Å². The lowest BCUT2D eigenvalue weighted by molar-refractivity contribution is 0.157. The minimum atomic E-state index is -0.00565. The van der Waals surface area contributed by atoms with Crippen molar-refractivity contribution in [3.8, 4) is 0 Å². The molecule has 0 aromatic heterocycles. The van der Waals surface area contributed by atoms with Crippen molar-refractivity contribution >= 4 is 5.84 Å². The van der Waals surface area contributed by atoms with Crippen LogP contribution in [0.15, 0.2) is 5.16 Å². The molecule has 1 aliphatic rings. The van der Waals surface area contributed by atoms with Crippen molar-refractivity contribution in [1.82, 2.24) is 9.80 Å². The standard InChI is InChI=1S/C12H26N4O/c1-10(12(13)14-17)15(2)9-7-11-6-4-5-8-16(11)3/h10-11,17H,4-9H2,1-3H3,(H2,13,14). The van der Waals surface area contributed by atoms with Crippen LogP contribution in [0.4, 0.5) is 0 Å². The Hall–Kier alpha value is -0.810. The first-order valence-corrected chi connectivity index (χ1v) is 6.44. The van der Waals surface area contributed by atoms with E-state index in [1.54, 1.807) is 0 Å². The molecule has 1 saturated heterocycles. The molecule has 0 aliphatic carbocycles. The fraction of sp³-hybridized carbons (Fsp3) is 0.917. The van der Waals surface area contributed by atoms with Crippen molar-refractivity contribution < 1.29 is 5.21 Å². The SMILES string of the molecule is CC(C(N)=NO)N(C)CCC1CCCCN1C. The summed E-state index contributed by atoms with van der Waals surface area (Å²) in [6.45, 7) is 4.15. The van der Waals surface area contributed by atoms with E-state index in [0.29, 0.717) is 6.04 Å². The summed E-state index contributed by atoms with van der Waals surface area (Å²) in [6, 6.07) is 0.680. The van der Waals surface area contributed by atoms with Crippen molar-refractivity contribution in [3.05, 3.63) is 0 Å². The molecule has 17 heavy (non-hydrogen) atoms. The third-order valence-corrected chi connectivity index (χ3v) is 3.94. The molecule has 0 aromatic carbocycles. The molecule has 0 bridgehead atoms. The number of hydrogen-bond donors (Lipinski definition) is 2. The highest BCUT2D eigenvalue weighted by molar-refractivity contribution is 5.84. The number of hydrogen-bond acceptors (Lipinski definition) is 4. The molecule has 2 atom stereocenters. The summed E-state index contributed by atoms with van der Waals surface area (Å²) < 4.78 is 0. The van der Waals surface area contributed by atoms with Gasteiger partial charge in [0.05, 0.1) is 6.04 Å². The Labute approximate surface area is 104 Å². The topological polar surface area (TPSA) is 65.1 Å². The van der Waals surface area contributed by atoms with Crippen molar-refractivity contribution in [2.45, 2.75) is 44.7 Å². The average molecular weight is 242 g/mol. The maximum Gasteiger partial charge on any atom is 0.156 e. The number of piperidine rings is 1. The van der Waals surface area contributed by atoms with Crippen LogP contribution in [0.1, 0.15) is 32.6 Å². The van der Waals surface area contributed by atoms with Crippen LogP contribution in [-0.4, -0.2) is 60.1 Å². The van der Waals surface area contributed by atoms with Crippen LogP contribution in [0.2, 0.25) is 0 Å². The first-order valence-electron chi connectivity index (χ1n) is 6.44. The van der Waals surface area contributed by atoms with Gasteiger partial charge in [-0.3, -0.25) is 4.90 Å². The molecule has 5 nitrogen and oxygen atoms in total. The highest BCUT2D eigenvalue weighted by Gasteiger charge is 2.20. The van der Waals surface area contributed by atoms with E-state index in [2.05, 4.69) is 22.0 Å². The fourth-order valence-electron chi connectivity index (χ4n) is 2.36. The van der Waals surface area contributed by atoms with Gasteiger partial charge in [-0.2, -0.15) is 0 Å². The lowest BCUT2D eigenvalue weighted by Crippen LogP contribution is -2.43. The summed E-state index contributed by atoms with van der Waals surface area (Å²) in [5.41, 5.74) is 5.60. The second kappa shape index (κ2) is 6.81. The van der Waals surface area contributed by atoms with Gasteiger partial charge in [-0.05, 0) is 46.8 Å². The van der Waals surface area contributed by atoms with Crippen LogP contribution < -0.4 is 5.73 Å². The molecule has 1 heterocycles. The molecule has 1 rings (SSSR count). The predicted molar refractivity (Wildman–Crippen MR) is 70.4 cm³/mol. The van der Waals surface area contributed by atoms with Gasteiger partial charge in [0.2, 0.25) is 0 Å². The minimum Gasteiger partial charge on any atom is -0.409 e. The lowest BCUT2D eigenvalue weighted by Gasteiger charge is -2.34. The third kappa shape index (κ3) is 4.16. The van der Waals surface area contributed by atoms with Crippen LogP contribution in [0.3, 0.4) is 0 Å². The highest BCUT2D eigenvalue weighted by atomic mass is 16.4. The predicted octanol–water partition coefficient (Wildman–Crippen LogP) is 0.928. The van der Waals surface area contributed by atoms with E-state index in [-0.39, 0.29) is 11.9 Å². The zero-order chi connectivity index (χ0) is 12.8. The number of likely N-dealkylation sites (tertiary alicyclic amines) is 1. The van der Waals surface area contributed by atoms with Crippen LogP contribution in [0.5, 0.6) is 0 Å². The minimum absolute atomic E-state index is 0.00565. The zero-order valence-corrected chi connectivity index (χ0v) is 11.3. The van der Waals surface area contributed by atoms with Gasteiger partial charge in [0.1, 0.15) is 0 Å². The van der Waals surface area contributed by atoms with E-state index in [4.69, 9.17) is 10.9 Å². The first kappa shape index (κ1) is 14.3. The van der Waals surface area contributed by atoms with E-state index in [1.165, 1.54) is 25.8 Å². The van der Waals surface area contributed by atoms with Gasteiger partial charge < -0.3 is 15.8 Å². The van der Waals surface area contributed by atoms with E-state index in [1.807, 2.05) is 14.0 Å². The molecule has 0 radical (unpaired) electrons. The molecule has 3 N–H and O–H groups in total. The first-order chi connectivity index (χ1) is 8.06. The fourth-order valence-corrected chi connectivity index (χ4v) is 2.36. The second-order valence-corrected chi connectivity index (χ2v) is 5.10. The van der Waals surface area contributed by atoms with E-state index < -0.39 is 0 Å². The van der Waals surface area contributed by atoms with Crippen LogP contribution in [-0.2, 0) is 0 Å². The summed E-state index contributed by atoms with van der Waals surface area (Å²) in [5.74, 6) is 0.282. The van der Waals surface area contributed by atoms with Gasteiger partial charge in [-0.1, -0.05) is 11.6 Å². The van der Waals surface area contributed by atoms with Crippen LogP contribution >= 0.6 is 0 Å². The maximum absolute atomic E-state index is 8.64. The normalized spacial score (nSPS) is 25.2. The number of nitrogens with two attached hydrogens (primary N) is 1. The molecule has 0 aromatic rings. The number of oxime groups is 1. The van der Waals surface area contributed by atoms with Crippen molar-refractivity contribution in [1.29, 1.82) is 0 Å². The number of nitrogens with zero attached hydrogens (tertiary/aromatic N) is 3. The van der Waals surface area contributed by atoms with Crippen LogP contribution in [0.25, 0.3) is 0 Å². The van der Waals surface area contributed by atoms with Crippen molar-refractivity contribution in [2.24, 2.45) is 10.9 Å². The van der Waals surface area contributed by atoms with Gasteiger partial charge in [-0.25, -0.2) is 0 Å². The Bertz CT molecular complexity index is 257. The number of amidine groups is 1. The van der Waals surface area contributed by atoms with Gasteiger partial charge in [0.25, 0.3) is 0 Å². The molecule has 5 heteroatoms. The average Bonchev–Trinajstić information content (AvgIpc) is 2.35. The molecule has 0 spiro atoms. The quantitative estimate of drug-likeness (QED) is 0.326. The maximum atomic E-state index is 8.64. The smallest absolute Gasteiger partial charge is 0.156 e. The summed E-state index contributed by atoms with van der Waals surface area (Å²) in [5, 5.41) is 11.7. The monoisotopic (exact) mass is 242 g/mol. The van der Waals surface area contributed by atoms with Crippen molar-refractivity contribution in [3.63, 3.8) is 0 Å². The highest BCUT2D eigenvalue weighted by Crippen LogP contribution is 2.18. The molecular weight excluding hydrogens is 216 g/mol. The zero-order valence-electron chi connectivity index (χ0n) is 11.3. The number of rotatable bonds is 5. The summed E-state index contributed by atoms with van der Waals surface area (Å²) in [6.07, 6.45) is 5.11. The summed E-state index contributed by atoms with van der Waals surface area (Å²) in [7, 11) is 4.22. The molecule has 100 valence electrons. The Kier molecular flexibility index (Phi) is 5.71. The molecule has 1 aliphatic heterocycles.